The first-order valence-corrected chi connectivity index (χ1v) is 13.5. The molecule has 0 bridgehead atoms. The van der Waals surface area contributed by atoms with Gasteiger partial charge in [-0.2, -0.15) is 0 Å². The fourth-order valence-electron chi connectivity index (χ4n) is 4.56. The Hall–Kier alpha value is -4.11. The maximum absolute atomic E-state index is 13.0. The van der Waals surface area contributed by atoms with E-state index in [0.717, 1.165) is 16.9 Å². The molecule has 1 N–H and O–H groups in total. The molecule has 0 radical (unpaired) electrons. The zero-order valence-electron chi connectivity index (χ0n) is 21.9. The third kappa shape index (κ3) is 5.28. The number of ketones is 1. The Morgan fingerprint density at radius 1 is 1.03 bits per heavy atom. The van der Waals surface area contributed by atoms with Crippen LogP contribution in [0.25, 0.3) is 0 Å². The van der Waals surface area contributed by atoms with E-state index in [9.17, 15) is 18.0 Å². The van der Waals surface area contributed by atoms with E-state index in [-0.39, 0.29) is 21.7 Å². The van der Waals surface area contributed by atoms with Crippen molar-refractivity contribution in [3.05, 3.63) is 95.2 Å². The number of carbonyl (C=O) groups excluding carboxylic acids is 2. The fraction of sp³-hybridized carbons (Fsp3) is 0.241. The third-order valence-electron chi connectivity index (χ3n) is 6.64. The second kappa shape index (κ2) is 10.3. The van der Waals surface area contributed by atoms with Crippen LogP contribution in [-0.4, -0.2) is 40.9 Å². The molecule has 1 aliphatic rings. The van der Waals surface area contributed by atoms with E-state index < -0.39 is 22.6 Å². The maximum Gasteiger partial charge on any atom is 0.338 e. The fourth-order valence-corrected chi connectivity index (χ4v) is 5.89. The van der Waals surface area contributed by atoms with Crippen molar-refractivity contribution < 1.29 is 27.5 Å². The Kier molecular flexibility index (Phi) is 7.33. The molecule has 0 spiro atoms. The largest absolute Gasteiger partial charge is 0.497 e. The van der Waals surface area contributed by atoms with Crippen LogP contribution >= 0.6 is 0 Å². The van der Waals surface area contributed by atoms with Crippen LogP contribution in [0.15, 0.2) is 83.4 Å². The van der Waals surface area contributed by atoms with Gasteiger partial charge in [-0.05, 0) is 60.5 Å². The highest BCUT2D eigenvalue weighted by atomic mass is 32.2. The molecule has 4 rings (SSSR count). The summed E-state index contributed by atoms with van der Waals surface area (Å²) in [5.41, 5.74) is 3.36. The van der Waals surface area contributed by atoms with E-state index in [1.807, 2.05) is 50.1 Å². The molecule has 0 aromatic heterocycles. The Labute approximate surface area is 222 Å². The molecule has 0 atom stereocenters. The van der Waals surface area contributed by atoms with Crippen molar-refractivity contribution in [1.29, 1.82) is 0 Å². The lowest BCUT2D eigenvalue weighted by Gasteiger charge is -2.23. The van der Waals surface area contributed by atoms with Crippen LogP contribution in [0.1, 0.15) is 35.3 Å². The van der Waals surface area contributed by atoms with Crippen LogP contribution in [0.2, 0.25) is 0 Å². The predicted molar refractivity (Wildman–Crippen MR) is 146 cm³/mol. The number of sulfonamides is 1. The lowest BCUT2D eigenvalue weighted by Crippen LogP contribution is -2.25. The van der Waals surface area contributed by atoms with Crippen molar-refractivity contribution >= 4 is 33.2 Å². The van der Waals surface area contributed by atoms with Gasteiger partial charge in [0.1, 0.15) is 5.75 Å². The highest BCUT2D eigenvalue weighted by Crippen LogP contribution is 2.46. The second-order valence-electron chi connectivity index (χ2n) is 9.59. The Bertz CT molecular complexity index is 1520. The summed E-state index contributed by atoms with van der Waals surface area (Å²) in [6.45, 7) is 5.23. The molecule has 0 saturated heterocycles. The number of esters is 1. The molecular formula is C29H30N2O6S. The predicted octanol–water partition coefficient (Wildman–Crippen LogP) is 4.84. The Morgan fingerprint density at radius 2 is 1.71 bits per heavy atom. The lowest BCUT2D eigenvalue weighted by molar-refractivity contribution is -0.117. The normalized spacial score (nSPS) is 15.2. The highest BCUT2D eigenvalue weighted by molar-refractivity contribution is 7.92. The zero-order valence-corrected chi connectivity index (χ0v) is 22.8. The van der Waals surface area contributed by atoms with E-state index in [1.54, 1.807) is 31.2 Å². The van der Waals surface area contributed by atoms with Crippen molar-refractivity contribution in [3.63, 3.8) is 0 Å². The highest BCUT2D eigenvalue weighted by Gasteiger charge is 2.38. The van der Waals surface area contributed by atoms with Gasteiger partial charge in [-0.25, -0.2) is 13.2 Å². The van der Waals surface area contributed by atoms with E-state index in [1.165, 1.54) is 31.4 Å². The van der Waals surface area contributed by atoms with Gasteiger partial charge in [0.2, 0.25) is 0 Å². The lowest BCUT2D eigenvalue weighted by atomic mass is 9.83. The SMILES string of the molecule is COc1ccc(NS(=O)(=O)c2cc(C(=O)OCC(=O)C=C3N(C)c4ccccc4C3(C)C)ccc2C)cc1. The number of nitrogens with one attached hydrogen (secondary N) is 1. The number of fused-ring (bicyclic) bond motifs is 1. The van der Waals surface area contributed by atoms with E-state index in [2.05, 4.69) is 4.72 Å². The molecular weight excluding hydrogens is 504 g/mol. The number of hydrogen-bond acceptors (Lipinski definition) is 7. The van der Waals surface area contributed by atoms with Gasteiger partial charge in [0.05, 0.1) is 17.6 Å². The zero-order chi connectivity index (χ0) is 27.7. The van der Waals surface area contributed by atoms with Crippen molar-refractivity contribution in [2.75, 3.05) is 30.4 Å². The van der Waals surface area contributed by atoms with Crippen LogP contribution in [-0.2, 0) is 25.0 Å². The number of aryl methyl sites for hydroxylation is 1. The summed E-state index contributed by atoms with van der Waals surface area (Å²) >= 11 is 0. The average Bonchev–Trinajstić information content (AvgIpc) is 3.08. The number of benzene rings is 3. The monoisotopic (exact) mass is 534 g/mol. The van der Waals surface area contributed by atoms with E-state index in [0.29, 0.717) is 17.0 Å². The minimum absolute atomic E-state index is 0.0249. The molecule has 3 aromatic rings. The number of allylic oxidation sites excluding steroid dienone is 1. The number of rotatable bonds is 8. The van der Waals surface area contributed by atoms with Crippen LogP contribution < -0.4 is 14.4 Å². The average molecular weight is 535 g/mol. The van der Waals surface area contributed by atoms with Gasteiger partial charge in [0, 0.05) is 35.6 Å². The van der Waals surface area contributed by atoms with Crippen molar-refractivity contribution in [2.24, 2.45) is 0 Å². The van der Waals surface area contributed by atoms with Crippen molar-refractivity contribution in [2.45, 2.75) is 31.1 Å². The molecule has 0 saturated carbocycles. The summed E-state index contributed by atoms with van der Waals surface area (Å²) < 4.78 is 38.9. The molecule has 3 aromatic carbocycles. The maximum atomic E-state index is 13.0. The van der Waals surface area contributed by atoms with Crippen LogP contribution in [0.4, 0.5) is 11.4 Å². The number of anilines is 2. The van der Waals surface area contributed by atoms with Crippen LogP contribution in [0, 0.1) is 6.92 Å². The summed E-state index contributed by atoms with van der Waals surface area (Å²) in [6.07, 6.45) is 1.50. The number of nitrogens with zero attached hydrogens (tertiary/aromatic N) is 1. The van der Waals surface area contributed by atoms with Crippen LogP contribution in [0.3, 0.4) is 0 Å². The first-order valence-electron chi connectivity index (χ1n) is 12.0. The Balaban J connectivity index is 1.47. The second-order valence-corrected chi connectivity index (χ2v) is 11.2. The number of ether oxygens (including phenoxy) is 2. The smallest absolute Gasteiger partial charge is 0.338 e. The first kappa shape index (κ1) is 26.9. The molecule has 1 heterocycles. The quantitative estimate of drug-likeness (QED) is 0.326. The molecule has 0 fully saturated rings. The van der Waals surface area contributed by atoms with Gasteiger partial charge >= 0.3 is 5.97 Å². The standard InChI is InChI=1S/C29H30N2O6S/c1-19-10-11-20(16-26(19)38(34,35)30-21-12-14-23(36-5)15-13-21)28(33)37-18-22(32)17-27-29(2,3)24-8-6-7-9-25(24)31(27)4/h6-17,30H,18H2,1-5H3. The van der Waals surface area contributed by atoms with Gasteiger partial charge in [-0.15, -0.1) is 0 Å². The Morgan fingerprint density at radius 3 is 2.37 bits per heavy atom. The van der Waals surface area contributed by atoms with E-state index >= 15 is 0 Å². The summed E-state index contributed by atoms with van der Waals surface area (Å²) in [6, 6.07) is 18.6. The minimum atomic E-state index is -3.99. The minimum Gasteiger partial charge on any atom is -0.497 e. The van der Waals surface area contributed by atoms with Gasteiger partial charge in [-0.1, -0.05) is 38.1 Å². The molecule has 198 valence electrons. The van der Waals surface area contributed by atoms with Gasteiger partial charge in [-0.3, -0.25) is 9.52 Å². The molecule has 0 amide bonds. The number of likely N-dealkylation sites (N-methyl/N-ethyl adjacent to an activating group) is 1. The molecule has 38 heavy (non-hydrogen) atoms. The summed E-state index contributed by atoms with van der Waals surface area (Å²) in [5, 5.41) is 0. The van der Waals surface area contributed by atoms with Gasteiger partial charge in [0.15, 0.2) is 12.4 Å². The van der Waals surface area contributed by atoms with Crippen LogP contribution in [0.5, 0.6) is 5.75 Å². The number of para-hydroxylation sites is 1. The number of methoxy groups -OCH3 is 1. The first-order chi connectivity index (χ1) is 17.9. The van der Waals surface area contributed by atoms with E-state index in [4.69, 9.17) is 9.47 Å². The van der Waals surface area contributed by atoms with Gasteiger partial charge < -0.3 is 14.4 Å². The molecule has 0 unspecified atom stereocenters. The molecule has 9 heteroatoms. The molecule has 8 nitrogen and oxygen atoms in total. The number of hydrogen-bond donors (Lipinski definition) is 1. The van der Waals surface area contributed by atoms with Gasteiger partial charge in [0.25, 0.3) is 10.0 Å². The summed E-state index contributed by atoms with van der Waals surface area (Å²) in [5.74, 6) is -0.575. The van der Waals surface area contributed by atoms with Crippen molar-refractivity contribution in [3.8, 4) is 5.75 Å². The van der Waals surface area contributed by atoms with Crippen molar-refractivity contribution in [1.82, 2.24) is 0 Å². The molecule has 1 aliphatic heterocycles. The summed E-state index contributed by atoms with van der Waals surface area (Å²) in [7, 11) is -0.578. The number of carbonyl (C=O) groups is 2. The topological polar surface area (TPSA) is 102 Å². The summed E-state index contributed by atoms with van der Waals surface area (Å²) in [4.78, 5) is 27.4. The molecule has 0 aliphatic carbocycles. The third-order valence-corrected chi connectivity index (χ3v) is 8.16.